The van der Waals surface area contributed by atoms with Gasteiger partial charge in [0.1, 0.15) is 0 Å². The molecule has 6 nitrogen and oxygen atoms in total. The number of nitrogens with one attached hydrogen (secondary N) is 2. The van der Waals surface area contributed by atoms with Gasteiger partial charge in [0.2, 0.25) is 0 Å². The van der Waals surface area contributed by atoms with Crippen molar-refractivity contribution in [2.75, 3.05) is 32.6 Å². The third-order valence-electron chi connectivity index (χ3n) is 4.70. The van der Waals surface area contributed by atoms with E-state index < -0.39 is 0 Å². The molecule has 0 aliphatic heterocycles. The molecule has 28 heavy (non-hydrogen) atoms. The lowest BCUT2D eigenvalue weighted by molar-refractivity contribution is 0.311. The zero-order valence-corrected chi connectivity index (χ0v) is 17.8. The second kappa shape index (κ2) is 10.3. The summed E-state index contributed by atoms with van der Waals surface area (Å²) >= 11 is 1.90. The second-order valence-electron chi connectivity index (χ2n) is 6.71. The maximum Gasteiger partial charge on any atom is 0.195 e. The number of rotatable bonds is 8. The predicted octanol–water partition coefficient (Wildman–Crippen LogP) is 4.05. The van der Waals surface area contributed by atoms with Crippen LogP contribution in [0.25, 0.3) is 0 Å². The van der Waals surface area contributed by atoms with Crippen molar-refractivity contribution in [3.05, 3.63) is 33.8 Å². The minimum atomic E-state index is 0.606. The number of methoxy groups -OCH3 is 1. The van der Waals surface area contributed by atoms with Gasteiger partial charge in [0.05, 0.1) is 24.4 Å². The Bertz CT molecular complexity index is 780. The van der Waals surface area contributed by atoms with Gasteiger partial charge >= 0.3 is 0 Å². The molecule has 7 heteroatoms. The van der Waals surface area contributed by atoms with Crippen molar-refractivity contribution < 1.29 is 9.47 Å². The monoisotopic (exact) mass is 402 g/mol. The van der Waals surface area contributed by atoms with E-state index in [1.165, 1.54) is 34.8 Å². The smallest absolute Gasteiger partial charge is 0.195 e. The highest BCUT2D eigenvalue weighted by Crippen LogP contribution is 2.30. The van der Waals surface area contributed by atoms with Gasteiger partial charge in [-0.3, -0.25) is 4.99 Å². The van der Waals surface area contributed by atoms with E-state index >= 15 is 0 Å². The first-order chi connectivity index (χ1) is 13.7. The molecule has 0 fully saturated rings. The van der Waals surface area contributed by atoms with Crippen LogP contribution in [0.1, 0.15) is 41.8 Å². The summed E-state index contributed by atoms with van der Waals surface area (Å²) in [5, 5.41) is 7.94. The first-order valence-electron chi connectivity index (χ1n) is 9.99. The van der Waals surface area contributed by atoms with Crippen molar-refractivity contribution >= 4 is 23.0 Å². The summed E-state index contributed by atoms with van der Waals surface area (Å²) in [5.41, 5.74) is 2.25. The largest absolute Gasteiger partial charge is 0.493 e. The third-order valence-corrected chi connectivity index (χ3v) is 5.92. The van der Waals surface area contributed by atoms with Crippen molar-refractivity contribution in [1.82, 2.24) is 10.3 Å². The Hall–Kier alpha value is -2.28. The summed E-state index contributed by atoms with van der Waals surface area (Å²) in [4.78, 5) is 10.6. The van der Waals surface area contributed by atoms with Crippen molar-refractivity contribution in [3.63, 3.8) is 0 Å². The van der Waals surface area contributed by atoms with Crippen LogP contribution in [-0.4, -0.2) is 38.3 Å². The SMILES string of the molecule is CCOc1ccc(NC(=NC)NCCCc2nc3c(s2)CCCC3)cc1OC. The Balaban J connectivity index is 1.47. The number of aliphatic imine (C=N–C) groups is 1. The summed E-state index contributed by atoms with van der Waals surface area (Å²) in [6.45, 7) is 3.41. The molecular weight excluding hydrogens is 372 g/mol. The molecule has 0 spiro atoms. The lowest BCUT2D eigenvalue weighted by Crippen LogP contribution is -2.31. The summed E-state index contributed by atoms with van der Waals surface area (Å²) in [6.07, 6.45) is 7.02. The zero-order chi connectivity index (χ0) is 19.8. The van der Waals surface area contributed by atoms with Crippen LogP contribution in [0.15, 0.2) is 23.2 Å². The van der Waals surface area contributed by atoms with Crippen LogP contribution in [-0.2, 0) is 19.3 Å². The second-order valence-corrected chi connectivity index (χ2v) is 7.88. The maximum absolute atomic E-state index is 5.56. The van der Waals surface area contributed by atoms with Gasteiger partial charge in [0.15, 0.2) is 17.5 Å². The lowest BCUT2D eigenvalue weighted by Gasteiger charge is -2.14. The highest BCUT2D eigenvalue weighted by molar-refractivity contribution is 7.11. The number of benzene rings is 1. The van der Waals surface area contributed by atoms with Crippen LogP contribution in [0.5, 0.6) is 11.5 Å². The first kappa shape index (κ1) is 20.5. The average Bonchev–Trinajstić information content (AvgIpc) is 3.14. The van der Waals surface area contributed by atoms with Crippen molar-refractivity contribution in [3.8, 4) is 11.5 Å². The normalized spacial score (nSPS) is 13.8. The summed E-state index contributed by atoms with van der Waals surface area (Å²) in [7, 11) is 3.42. The molecule has 1 aliphatic rings. The topological polar surface area (TPSA) is 67.8 Å². The van der Waals surface area contributed by atoms with Gasteiger partial charge in [-0.1, -0.05) is 0 Å². The fourth-order valence-electron chi connectivity index (χ4n) is 3.29. The summed E-state index contributed by atoms with van der Waals surface area (Å²) in [5.74, 6) is 2.18. The first-order valence-corrected chi connectivity index (χ1v) is 10.8. The van der Waals surface area contributed by atoms with E-state index in [-0.39, 0.29) is 0 Å². The molecule has 2 aromatic rings. The molecule has 1 aromatic carbocycles. The molecule has 0 saturated carbocycles. The molecule has 0 atom stereocenters. The van der Waals surface area contributed by atoms with E-state index in [1.807, 2.05) is 36.5 Å². The molecule has 0 amide bonds. The summed E-state index contributed by atoms with van der Waals surface area (Å²) < 4.78 is 11.0. The number of nitrogens with zero attached hydrogens (tertiary/aromatic N) is 2. The molecule has 1 aromatic heterocycles. The number of anilines is 1. The highest BCUT2D eigenvalue weighted by atomic mass is 32.1. The Morgan fingerprint density at radius 2 is 2.11 bits per heavy atom. The molecule has 0 radical (unpaired) electrons. The minimum Gasteiger partial charge on any atom is -0.493 e. The van der Waals surface area contributed by atoms with Crippen LogP contribution in [0.2, 0.25) is 0 Å². The molecule has 1 aliphatic carbocycles. The molecule has 0 saturated heterocycles. The highest BCUT2D eigenvalue weighted by Gasteiger charge is 2.14. The number of hydrogen-bond acceptors (Lipinski definition) is 5. The Labute approximate surface area is 171 Å². The number of aromatic nitrogens is 1. The molecule has 0 bridgehead atoms. The maximum atomic E-state index is 5.56. The number of aryl methyl sites for hydroxylation is 3. The van der Waals surface area contributed by atoms with Crippen LogP contribution < -0.4 is 20.1 Å². The molecule has 152 valence electrons. The van der Waals surface area contributed by atoms with Crippen LogP contribution >= 0.6 is 11.3 Å². The lowest BCUT2D eigenvalue weighted by atomic mass is 10.0. The number of fused-ring (bicyclic) bond motifs is 1. The average molecular weight is 403 g/mol. The number of guanidine groups is 1. The van der Waals surface area contributed by atoms with Crippen LogP contribution in [0.4, 0.5) is 5.69 Å². The van der Waals surface area contributed by atoms with E-state index in [0.29, 0.717) is 12.4 Å². The van der Waals surface area contributed by atoms with E-state index in [2.05, 4.69) is 15.6 Å². The third kappa shape index (κ3) is 5.38. The quantitative estimate of drug-likeness (QED) is 0.396. The molecular formula is C21H30N4O2S. The van der Waals surface area contributed by atoms with Crippen molar-refractivity contribution in [1.29, 1.82) is 0 Å². The number of hydrogen-bond donors (Lipinski definition) is 2. The van der Waals surface area contributed by atoms with Gasteiger partial charge in [0.25, 0.3) is 0 Å². The van der Waals surface area contributed by atoms with Crippen molar-refractivity contribution in [2.24, 2.45) is 4.99 Å². The van der Waals surface area contributed by atoms with Gasteiger partial charge < -0.3 is 20.1 Å². The molecule has 0 unspecified atom stereocenters. The van der Waals surface area contributed by atoms with Gasteiger partial charge in [-0.25, -0.2) is 4.98 Å². The summed E-state index contributed by atoms with van der Waals surface area (Å²) in [6, 6.07) is 5.78. The Morgan fingerprint density at radius 1 is 1.25 bits per heavy atom. The fraction of sp³-hybridized carbons (Fsp3) is 0.524. The van der Waals surface area contributed by atoms with E-state index in [1.54, 1.807) is 14.2 Å². The van der Waals surface area contributed by atoms with Gasteiger partial charge in [-0.15, -0.1) is 11.3 Å². The Kier molecular flexibility index (Phi) is 7.54. The molecule has 1 heterocycles. The van der Waals surface area contributed by atoms with Gasteiger partial charge in [-0.05, 0) is 51.2 Å². The van der Waals surface area contributed by atoms with E-state index in [0.717, 1.165) is 43.2 Å². The molecule has 3 rings (SSSR count). The minimum absolute atomic E-state index is 0.606. The van der Waals surface area contributed by atoms with Gasteiger partial charge in [0, 0.05) is 36.6 Å². The predicted molar refractivity (Wildman–Crippen MR) is 116 cm³/mol. The Morgan fingerprint density at radius 3 is 2.86 bits per heavy atom. The van der Waals surface area contributed by atoms with E-state index in [4.69, 9.17) is 14.5 Å². The van der Waals surface area contributed by atoms with E-state index in [9.17, 15) is 0 Å². The van der Waals surface area contributed by atoms with Crippen LogP contribution in [0, 0.1) is 0 Å². The van der Waals surface area contributed by atoms with Gasteiger partial charge in [-0.2, -0.15) is 0 Å². The fourth-order valence-corrected chi connectivity index (χ4v) is 4.49. The molecule has 2 N–H and O–H groups in total. The standard InChI is InChI=1S/C21H30N4O2S/c1-4-27-17-12-11-15(14-18(17)26-3)24-21(22-2)23-13-7-10-20-25-16-8-5-6-9-19(16)28-20/h11-12,14H,4-10,13H2,1-3H3,(H2,22,23,24). The van der Waals surface area contributed by atoms with Crippen molar-refractivity contribution in [2.45, 2.75) is 45.4 Å². The number of ether oxygens (including phenoxy) is 2. The number of thiazole rings is 1. The van der Waals surface area contributed by atoms with Crippen LogP contribution in [0.3, 0.4) is 0 Å². The zero-order valence-electron chi connectivity index (χ0n) is 17.0.